The first kappa shape index (κ1) is 11.9. The average Bonchev–Trinajstić information content (AvgIpc) is 2.82. The minimum absolute atomic E-state index is 0.760. The second-order valence-corrected chi connectivity index (χ2v) is 4.23. The molecule has 0 atom stereocenters. The van der Waals surface area contributed by atoms with Gasteiger partial charge in [-0.25, -0.2) is 0 Å². The second-order valence-electron chi connectivity index (χ2n) is 4.23. The molecule has 0 saturated carbocycles. The Kier molecular flexibility index (Phi) is 4.36. The molecule has 0 aliphatic rings. The van der Waals surface area contributed by atoms with Crippen molar-refractivity contribution in [2.75, 3.05) is 6.61 Å². The van der Waals surface area contributed by atoms with Crippen LogP contribution in [0.5, 0.6) is 5.75 Å². The van der Waals surface area contributed by atoms with E-state index >= 15 is 0 Å². The minimum Gasteiger partial charge on any atom is -0.491 e. The van der Waals surface area contributed by atoms with Crippen molar-refractivity contribution < 1.29 is 4.74 Å². The van der Waals surface area contributed by atoms with Crippen LogP contribution in [0.3, 0.4) is 0 Å². The molecular weight excluding hydrogens is 214 g/mol. The Labute approximate surface area is 101 Å². The molecule has 0 bridgehead atoms. The minimum atomic E-state index is 0.760. The van der Waals surface area contributed by atoms with E-state index in [1.54, 1.807) is 0 Å². The van der Waals surface area contributed by atoms with Crippen molar-refractivity contribution in [1.29, 1.82) is 0 Å². The maximum absolute atomic E-state index is 5.74. The summed E-state index contributed by atoms with van der Waals surface area (Å²) in [5, 5.41) is 10.6. The van der Waals surface area contributed by atoms with E-state index in [1.165, 1.54) is 25.7 Å². The Bertz CT molecular complexity index is 453. The molecule has 4 heteroatoms. The van der Waals surface area contributed by atoms with Crippen LogP contribution in [0.4, 0.5) is 0 Å². The molecule has 17 heavy (non-hydrogen) atoms. The smallest absolute Gasteiger partial charge is 0.154 e. The highest BCUT2D eigenvalue weighted by Crippen LogP contribution is 2.21. The van der Waals surface area contributed by atoms with Gasteiger partial charge in [-0.05, 0) is 18.6 Å². The van der Waals surface area contributed by atoms with Crippen molar-refractivity contribution in [3.8, 4) is 5.75 Å². The molecule has 0 unspecified atom stereocenters. The molecule has 0 aliphatic carbocycles. The third kappa shape index (κ3) is 3.19. The van der Waals surface area contributed by atoms with Crippen LogP contribution in [0.2, 0.25) is 0 Å². The highest BCUT2D eigenvalue weighted by molar-refractivity contribution is 5.80. The van der Waals surface area contributed by atoms with Crippen LogP contribution in [0, 0.1) is 0 Å². The lowest BCUT2D eigenvalue weighted by Gasteiger charge is -2.05. The summed E-state index contributed by atoms with van der Waals surface area (Å²) in [5.74, 6) is 0.826. The number of aromatic amines is 1. The molecule has 0 saturated heterocycles. The van der Waals surface area contributed by atoms with E-state index in [4.69, 9.17) is 4.74 Å². The SMILES string of the molecule is CCCCCCCOc1cccc2[nH]nnc12. The van der Waals surface area contributed by atoms with E-state index in [2.05, 4.69) is 22.3 Å². The maximum Gasteiger partial charge on any atom is 0.154 e. The fraction of sp³-hybridized carbons (Fsp3) is 0.538. The topological polar surface area (TPSA) is 50.8 Å². The summed E-state index contributed by atoms with van der Waals surface area (Å²) in [7, 11) is 0. The Balaban J connectivity index is 1.80. The van der Waals surface area contributed by atoms with Crippen LogP contribution in [-0.2, 0) is 0 Å². The Morgan fingerprint density at radius 2 is 2.06 bits per heavy atom. The summed E-state index contributed by atoms with van der Waals surface area (Å²) in [6, 6.07) is 5.84. The fourth-order valence-electron chi connectivity index (χ4n) is 1.85. The van der Waals surface area contributed by atoms with Gasteiger partial charge in [-0.1, -0.05) is 43.9 Å². The molecular formula is C13H19N3O. The van der Waals surface area contributed by atoms with Crippen LogP contribution in [0.1, 0.15) is 39.0 Å². The van der Waals surface area contributed by atoms with Crippen LogP contribution < -0.4 is 4.74 Å². The number of hydrogen-bond donors (Lipinski definition) is 1. The predicted octanol–water partition coefficient (Wildman–Crippen LogP) is 3.31. The summed E-state index contributed by atoms with van der Waals surface area (Å²) >= 11 is 0. The van der Waals surface area contributed by atoms with Gasteiger partial charge < -0.3 is 4.74 Å². The molecule has 1 aromatic heterocycles. The number of unbranched alkanes of at least 4 members (excludes halogenated alkanes) is 4. The van der Waals surface area contributed by atoms with E-state index in [0.717, 1.165) is 29.8 Å². The normalized spacial score (nSPS) is 10.9. The Hall–Kier alpha value is -1.58. The third-order valence-corrected chi connectivity index (χ3v) is 2.82. The largest absolute Gasteiger partial charge is 0.491 e. The standard InChI is InChI=1S/C13H19N3O/c1-2-3-4-5-6-10-17-12-9-7-8-11-13(12)15-16-14-11/h7-9H,2-6,10H2,1H3,(H,14,15,16). The highest BCUT2D eigenvalue weighted by atomic mass is 16.5. The molecule has 1 N–H and O–H groups in total. The summed E-state index contributed by atoms with van der Waals surface area (Å²) in [5.41, 5.74) is 1.74. The van der Waals surface area contributed by atoms with E-state index in [-0.39, 0.29) is 0 Å². The van der Waals surface area contributed by atoms with E-state index < -0.39 is 0 Å². The van der Waals surface area contributed by atoms with Crippen LogP contribution >= 0.6 is 0 Å². The van der Waals surface area contributed by atoms with E-state index in [9.17, 15) is 0 Å². The lowest BCUT2D eigenvalue weighted by molar-refractivity contribution is 0.307. The highest BCUT2D eigenvalue weighted by Gasteiger charge is 2.04. The molecule has 0 spiro atoms. The van der Waals surface area contributed by atoms with Crippen molar-refractivity contribution >= 4 is 11.0 Å². The van der Waals surface area contributed by atoms with E-state index in [0.29, 0.717) is 0 Å². The van der Waals surface area contributed by atoms with Gasteiger partial charge in [0.05, 0.1) is 12.1 Å². The lowest BCUT2D eigenvalue weighted by Crippen LogP contribution is -1.97. The number of H-pyrrole nitrogens is 1. The molecule has 0 radical (unpaired) electrons. The monoisotopic (exact) mass is 233 g/mol. The van der Waals surface area contributed by atoms with Crippen molar-refractivity contribution in [3.05, 3.63) is 18.2 Å². The molecule has 0 amide bonds. The van der Waals surface area contributed by atoms with Gasteiger partial charge in [-0.3, -0.25) is 5.10 Å². The van der Waals surface area contributed by atoms with Crippen LogP contribution in [-0.4, -0.2) is 22.0 Å². The molecule has 4 nitrogen and oxygen atoms in total. The zero-order valence-electron chi connectivity index (χ0n) is 10.3. The van der Waals surface area contributed by atoms with Gasteiger partial charge in [-0.2, -0.15) is 0 Å². The molecule has 1 aromatic carbocycles. The molecule has 2 aromatic rings. The Morgan fingerprint density at radius 3 is 2.94 bits per heavy atom. The van der Waals surface area contributed by atoms with Gasteiger partial charge in [0.15, 0.2) is 5.52 Å². The van der Waals surface area contributed by atoms with Gasteiger partial charge in [-0.15, -0.1) is 5.10 Å². The Morgan fingerprint density at radius 1 is 1.18 bits per heavy atom. The first-order valence-electron chi connectivity index (χ1n) is 6.34. The third-order valence-electron chi connectivity index (χ3n) is 2.82. The number of benzene rings is 1. The average molecular weight is 233 g/mol. The summed E-state index contributed by atoms with van der Waals surface area (Å²) < 4.78 is 5.74. The first-order chi connectivity index (χ1) is 8.42. The number of rotatable bonds is 7. The second kappa shape index (κ2) is 6.23. The molecule has 2 rings (SSSR count). The first-order valence-corrected chi connectivity index (χ1v) is 6.34. The van der Waals surface area contributed by atoms with Crippen LogP contribution in [0.15, 0.2) is 18.2 Å². The van der Waals surface area contributed by atoms with Gasteiger partial charge in [0.2, 0.25) is 0 Å². The van der Waals surface area contributed by atoms with Gasteiger partial charge in [0.25, 0.3) is 0 Å². The van der Waals surface area contributed by atoms with Crippen molar-refractivity contribution in [2.24, 2.45) is 0 Å². The van der Waals surface area contributed by atoms with Crippen molar-refractivity contribution in [2.45, 2.75) is 39.0 Å². The number of nitrogens with one attached hydrogen (secondary N) is 1. The number of fused-ring (bicyclic) bond motifs is 1. The summed E-state index contributed by atoms with van der Waals surface area (Å²) in [6.07, 6.45) is 6.24. The van der Waals surface area contributed by atoms with Gasteiger partial charge in [0.1, 0.15) is 5.75 Å². The zero-order chi connectivity index (χ0) is 11.9. The number of nitrogens with zero attached hydrogens (tertiary/aromatic N) is 2. The predicted molar refractivity (Wildman–Crippen MR) is 68.1 cm³/mol. The number of aromatic nitrogens is 3. The number of hydrogen-bond acceptors (Lipinski definition) is 3. The van der Waals surface area contributed by atoms with Crippen molar-refractivity contribution in [3.63, 3.8) is 0 Å². The molecule has 0 aliphatic heterocycles. The molecule has 0 fully saturated rings. The van der Waals surface area contributed by atoms with Gasteiger partial charge in [0, 0.05) is 0 Å². The van der Waals surface area contributed by atoms with E-state index in [1.807, 2.05) is 18.2 Å². The fourth-order valence-corrected chi connectivity index (χ4v) is 1.85. The van der Waals surface area contributed by atoms with Gasteiger partial charge >= 0.3 is 0 Å². The molecule has 92 valence electrons. The zero-order valence-corrected chi connectivity index (χ0v) is 10.3. The lowest BCUT2D eigenvalue weighted by atomic mass is 10.2. The molecule has 1 heterocycles. The maximum atomic E-state index is 5.74. The van der Waals surface area contributed by atoms with Crippen LogP contribution in [0.25, 0.3) is 11.0 Å². The quantitative estimate of drug-likeness (QED) is 0.746. The van der Waals surface area contributed by atoms with Crippen molar-refractivity contribution in [1.82, 2.24) is 15.4 Å². The summed E-state index contributed by atoms with van der Waals surface area (Å²) in [4.78, 5) is 0. The number of ether oxygens (including phenoxy) is 1. The summed E-state index contributed by atoms with van der Waals surface area (Å²) in [6.45, 7) is 2.98.